The van der Waals surface area contributed by atoms with Crippen LogP contribution < -0.4 is 5.73 Å². The number of carbonyl (C=O) groups excluding carboxylic acids is 2. The average molecular weight is 419 g/mol. The minimum Gasteiger partial charge on any atom is -0.369 e. The van der Waals surface area contributed by atoms with Crippen LogP contribution in [0.5, 0.6) is 0 Å². The Bertz CT molecular complexity index is 1030. The minimum absolute atomic E-state index is 0.0525. The number of thiophene rings is 1. The molecule has 2 amide bonds. The van der Waals surface area contributed by atoms with Crippen molar-refractivity contribution in [3.63, 3.8) is 0 Å². The van der Waals surface area contributed by atoms with Gasteiger partial charge in [-0.2, -0.15) is 0 Å². The third kappa shape index (κ3) is 4.03. The molecule has 154 valence electrons. The smallest absolute Gasteiger partial charge is 0.229 e. The average Bonchev–Trinajstić information content (AvgIpc) is 3.45. The fraction of sp³-hybridized carbons (Fsp3) is 0.280. The molecule has 0 aliphatic carbocycles. The van der Waals surface area contributed by atoms with Gasteiger partial charge in [-0.25, -0.2) is 0 Å². The van der Waals surface area contributed by atoms with Crippen molar-refractivity contribution in [2.75, 3.05) is 13.1 Å². The molecular weight excluding hydrogens is 392 g/mol. The summed E-state index contributed by atoms with van der Waals surface area (Å²) in [5, 5.41) is 2.06. The fourth-order valence-electron chi connectivity index (χ4n) is 4.32. The van der Waals surface area contributed by atoms with Crippen LogP contribution in [0.4, 0.5) is 0 Å². The number of primary amides is 1. The summed E-state index contributed by atoms with van der Waals surface area (Å²) in [5.41, 5.74) is 8.37. The van der Waals surface area contributed by atoms with Crippen molar-refractivity contribution in [1.29, 1.82) is 0 Å². The van der Waals surface area contributed by atoms with Crippen LogP contribution >= 0.6 is 11.3 Å². The lowest BCUT2D eigenvalue weighted by Crippen LogP contribution is -2.43. The molecule has 30 heavy (non-hydrogen) atoms. The molecule has 1 aliphatic rings. The Labute approximate surface area is 181 Å². The third-order valence-electron chi connectivity index (χ3n) is 6.13. The molecule has 1 aromatic heterocycles. The van der Waals surface area contributed by atoms with Crippen molar-refractivity contribution in [3.05, 3.63) is 83.2 Å². The summed E-state index contributed by atoms with van der Waals surface area (Å²) in [6.45, 7) is 2.86. The maximum atomic E-state index is 13.1. The van der Waals surface area contributed by atoms with E-state index in [0.29, 0.717) is 25.9 Å². The highest BCUT2D eigenvalue weighted by Crippen LogP contribution is 2.36. The van der Waals surface area contributed by atoms with E-state index in [-0.39, 0.29) is 17.7 Å². The highest BCUT2D eigenvalue weighted by atomic mass is 32.1. The molecule has 2 aromatic carbocycles. The molecule has 2 heterocycles. The Morgan fingerprint density at radius 1 is 1.10 bits per heavy atom. The number of amides is 2. The second-order valence-electron chi connectivity index (χ2n) is 8.14. The fourth-order valence-corrected chi connectivity index (χ4v) is 5.04. The minimum atomic E-state index is -0.722. The number of benzene rings is 2. The van der Waals surface area contributed by atoms with E-state index in [1.807, 2.05) is 60.4 Å². The van der Waals surface area contributed by atoms with Crippen molar-refractivity contribution in [2.24, 2.45) is 11.1 Å². The first-order chi connectivity index (χ1) is 14.5. The van der Waals surface area contributed by atoms with E-state index >= 15 is 0 Å². The van der Waals surface area contributed by atoms with Gasteiger partial charge >= 0.3 is 0 Å². The Hall–Kier alpha value is -2.92. The van der Waals surface area contributed by atoms with Gasteiger partial charge in [0.05, 0.1) is 11.3 Å². The Morgan fingerprint density at radius 3 is 2.60 bits per heavy atom. The zero-order valence-corrected chi connectivity index (χ0v) is 17.9. The van der Waals surface area contributed by atoms with Crippen LogP contribution in [-0.2, 0) is 16.0 Å². The molecule has 3 aromatic rings. The Kier molecular flexibility index (Phi) is 5.73. The first-order valence-corrected chi connectivity index (χ1v) is 11.1. The van der Waals surface area contributed by atoms with E-state index in [9.17, 15) is 9.59 Å². The van der Waals surface area contributed by atoms with E-state index in [4.69, 9.17) is 5.73 Å². The van der Waals surface area contributed by atoms with Crippen molar-refractivity contribution in [3.8, 4) is 10.4 Å². The molecule has 0 spiro atoms. The van der Waals surface area contributed by atoms with Gasteiger partial charge in [0.1, 0.15) is 0 Å². The zero-order chi connectivity index (χ0) is 21.1. The van der Waals surface area contributed by atoms with Gasteiger partial charge in [0.15, 0.2) is 0 Å². The van der Waals surface area contributed by atoms with Crippen molar-refractivity contribution < 1.29 is 9.59 Å². The van der Waals surface area contributed by atoms with Gasteiger partial charge in [-0.15, -0.1) is 11.3 Å². The Balaban J connectivity index is 1.53. The molecule has 4 nitrogen and oxygen atoms in total. The third-order valence-corrected chi connectivity index (χ3v) is 7.05. The lowest BCUT2D eigenvalue weighted by molar-refractivity contribution is -0.133. The number of nitrogens with zero attached hydrogens (tertiary/aromatic N) is 1. The van der Waals surface area contributed by atoms with Crippen molar-refractivity contribution in [1.82, 2.24) is 4.90 Å². The molecule has 2 N–H and O–H groups in total. The summed E-state index contributed by atoms with van der Waals surface area (Å²) in [6.07, 6.45) is 1.14. The molecular formula is C25H26N2O2S. The largest absolute Gasteiger partial charge is 0.369 e. The maximum Gasteiger partial charge on any atom is 0.229 e. The summed E-state index contributed by atoms with van der Waals surface area (Å²) < 4.78 is 0. The molecule has 0 bridgehead atoms. The topological polar surface area (TPSA) is 63.4 Å². The summed E-state index contributed by atoms with van der Waals surface area (Å²) in [6, 6.07) is 22.2. The van der Waals surface area contributed by atoms with Gasteiger partial charge in [0, 0.05) is 18.0 Å². The summed E-state index contributed by atoms with van der Waals surface area (Å²) in [7, 11) is 0. The molecule has 2 atom stereocenters. The molecule has 0 saturated carbocycles. The summed E-state index contributed by atoms with van der Waals surface area (Å²) in [4.78, 5) is 28.6. The highest BCUT2D eigenvalue weighted by molar-refractivity contribution is 7.13. The lowest BCUT2D eigenvalue weighted by Gasteiger charge is -2.27. The predicted octanol–water partition coefficient (Wildman–Crippen LogP) is 4.47. The van der Waals surface area contributed by atoms with Gasteiger partial charge in [0.25, 0.3) is 0 Å². The predicted molar refractivity (Wildman–Crippen MR) is 121 cm³/mol. The van der Waals surface area contributed by atoms with Gasteiger partial charge in [-0.05, 0) is 47.9 Å². The van der Waals surface area contributed by atoms with E-state index in [2.05, 4.69) is 23.6 Å². The van der Waals surface area contributed by atoms with Crippen molar-refractivity contribution in [2.45, 2.75) is 25.7 Å². The van der Waals surface area contributed by atoms with Gasteiger partial charge < -0.3 is 10.6 Å². The van der Waals surface area contributed by atoms with Crippen molar-refractivity contribution >= 4 is 23.2 Å². The van der Waals surface area contributed by atoms with E-state index in [0.717, 1.165) is 16.7 Å². The molecule has 1 aliphatic heterocycles. The monoisotopic (exact) mass is 418 g/mol. The number of rotatable bonds is 6. The lowest BCUT2D eigenvalue weighted by atomic mass is 9.80. The second-order valence-corrected chi connectivity index (χ2v) is 9.09. The molecule has 1 fully saturated rings. The van der Waals surface area contributed by atoms with Crippen LogP contribution in [0.3, 0.4) is 0 Å². The van der Waals surface area contributed by atoms with Crippen LogP contribution in [0.1, 0.15) is 30.4 Å². The molecule has 4 rings (SSSR count). The number of nitrogens with two attached hydrogens (primary N) is 1. The van der Waals surface area contributed by atoms with Gasteiger partial charge in [0.2, 0.25) is 11.8 Å². The normalized spacial score (nSPS) is 19.6. The van der Waals surface area contributed by atoms with Crippen LogP contribution in [0, 0.1) is 5.41 Å². The van der Waals surface area contributed by atoms with Crippen LogP contribution in [-0.4, -0.2) is 29.8 Å². The number of carbonyl (C=O) groups is 2. The number of hydrogen-bond donors (Lipinski definition) is 1. The molecule has 1 saturated heterocycles. The standard InChI is InChI=1S/C25H26N2O2S/c1-18(20-8-3-2-4-9-20)23(28)27-13-12-25(17-27,24(26)29)16-19-7-5-10-21(15-19)22-11-6-14-30-22/h2-11,14-15,18H,12-13,16-17H2,1H3,(H2,26,29)/t18-,25+/m1/s1. The quantitative estimate of drug-likeness (QED) is 0.642. The van der Waals surface area contributed by atoms with Gasteiger partial charge in [-0.3, -0.25) is 9.59 Å². The van der Waals surface area contributed by atoms with E-state index in [1.54, 1.807) is 11.3 Å². The number of likely N-dealkylation sites (tertiary alicyclic amines) is 1. The second kappa shape index (κ2) is 8.44. The highest BCUT2D eigenvalue weighted by Gasteiger charge is 2.45. The van der Waals surface area contributed by atoms with Gasteiger partial charge in [-0.1, -0.05) is 60.7 Å². The first kappa shape index (κ1) is 20.4. The number of hydrogen-bond acceptors (Lipinski definition) is 3. The summed E-state index contributed by atoms with van der Waals surface area (Å²) in [5.74, 6) is -0.514. The molecule has 5 heteroatoms. The zero-order valence-electron chi connectivity index (χ0n) is 17.1. The van der Waals surface area contributed by atoms with E-state index in [1.165, 1.54) is 4.88 Å². The Morgan fingerprint density at radius 2 is 1.90 bits per heavy atom. The molecule has 0 unspecified atom stereocenters. The first-order valence-electron chi connectivity index (χ1n) is 10.2. The van der Waals surface area contributed by atoms with Crippen LogP contribution in [0.2, 0.25) is 0 Å². The maximum absolute atomic E-state index is 13.1. The SMILES string of the molecule is C[C@@H](C(=O)N1CC[C@@](Cc2cccc(-c3cccs3)c2)(C(N)=O)C1)c1ccccc1. The van der Waals surface area contributed by atoms with Crippen LogP contribution in [0.15, 0.2) is 72.1 Å². The van der Waals surface area contributed by atoms with Crippen LogP contribution in [0.25, 0.3) is 10.4 Å². The molecule has 0 radical (unpaired) electrons. The summed E-state index contributed by atoms with van der Waals surface area (Å²) >= 11 is 1.69. The van der Waals surface area contributed by atoms with E-state index < -0.39 is 5.41 Å².